The number of hydrogen-bond donors (Lipinski definition) is 0. The minimum Gasteiger partial charge on any atom is -0.490 e. The molecule has 1 unspecified atom stereocenters. The number of ether oxygens (including phenoxy) is 2. The van der Waals surface area contributed by atoms with Crippen molar-refractivity contribution in [2.24, 2.45) is 0 Å². The van der Waals surface area contributed by atoms with E-state index in [1.807, 2.05) is 13.8 Å². The molecule has 0 aliphatic rings. The molecule has 17 heavy (non-hydrogen) atoms. The van der Waals surface area contributed by atoms with E-state index in [2.05, 4.69) is 29.5 Å². The molecule has 0 heterocycles. The third-order valence-corrected chi connectivity index (χ3v) is 3.16. The average molecular weight is 348 g/mol. The van der Waals surface area contributed by atoms with E-state index < -0.39 is 0 Å². The van der Waals surface area contributed by atoms with Crippen molar-refractivity contribution in [1.29, 1.82) is 0 Å². The lowest BCUT2D eigenvalue weighted by molar-refractivity contribution is 0.112. The van der Waals surface area contributed by atoms with Gasteiger partial charge in [-0.1, -0.05) is 6.92 Å². The Bertz CT molecular complexity index is 390. The molecule has 0 saturated carbocycles. The predicted molar refractivity (Wildman–Crippen MR) is 76.1 cm³/mol. The van der Waals surface area contributed by atoms with Gasteiger partial charge in [-0.05, 0) is 55.0 Å². The maximum Gasteiger partial charge on any atom is 0.174 e. The summed E-state index contributed by atoms with van der Waals surface area (Å²) in [4.78, 5) is 10.8. The second-order valence-electron chi connectivity index (χ2n) is 3.72. The Morgan fingerprint density at radius 3 is 2.65 bits per heavy atom. The number of hydrogen-bond acceptors (Lipinski definition) is 3. The number of carbonyl (C=O) groups excluding carboxylic acids is 1. The third-order valence-electron chi connectivity index (χ3n) is 2.36. The van der Waals surface area contributed by atoms with E-state index in [-0.39, 0.29) is 6.10 Å². The highest BCUT2D eigenvalue weighted by molar-refractivity contribution is 14.1. The van der Waals surface area contributed by atoms with E-state index in [0.29, 0.717) is 17.9 Å². The Morgan fingerprint density at radius 2 is 2.12 bits per heavy atom. The highest BCUT2D eigenvalue weighted by Crippen LogP contribution is 2.34. The van der Waals surface area contributed by atoms with Crippen molar-refractivity contribution in [2.45, 2.75) is 33.3 Å². The van der Waals surface area contributed by atoms with Gasteiger partial charge in [-0.25, -0.2) is 0 Å². The zero-order valence-corrected chi connectivity index (χ0v) is 12.5. The first-order chi connectivity index (χ1) is 8.12. The highest BCUT2D eigenvalue weighted by atomic mass is 127. The summed E-state index contributed by atoms with van der Waals surface area (Å²) in [6.07, 6.45) is 1.87. The summed E-state index contributed by atoms with van der Waals surface area (Å²) in [6, 6.07) is 3.52. The molecular formula is C13H17IO3. The topological polar surface area (TPSA) is 35.5 Å². The maximum absolute atomic E-state index is 10.8. The minimum absolute atomic E-state index is 0.129. The van der Waals surface area contributed by atoms with Gasteiger partial charge in [-0.2, -0.15) is 0 Å². The molecule has 0 radical (unpaired) electrons. The summed E-state index contributed by atoms with van der Waals surface area (Å²) < 4.78 is 12.2. The lowest BCUT2D eigenvalue weighted by Gasteiger charge is -2.18. The number of benzene rings is 1. The van der Waals surface area contributed by atoms with Crippen molar-refractivity contribution in [3.63, 3.8) is 0 Å². The first-order valence-electron chi connectivity index (χ1n) is 5.70. The molecule has 1 aromatic rings. The lowest BCUT2D eigenvalue weighted by atomic mass is 10.2. The van der Waals surface area contributed by atoms with Gasteiger partial charge in [-0.15, -0.1) is 0 Å². The second kappa shape index (κ2) is 6.83. The van der Waals surface area contributed by atoms with Gasteiger partial charge in [0, 0.05) is 5.56 Å². The van der Waals surface area contributed by atoms with Crippen LogP contribution in [0, 0.1) is 3.57 Å². The van der Waals surface area contributed by atoms with E-state index in [0.717, 1.165) is 22.0 Å². The van der Waals surface area contributed by atoms with Crippen LogP contribution in [-0.4, -0.2) is 19.0 Å². The minimum atomic E-state index is 0.129. The molecule has 1 aromatic carbocycles. The Morgan fingerprint density at radius 1 is 1.41 bits per heavy atom. The second-order valence-corrected chi connectivity index (χ2v) is 4.88. The fourth-order valence-corrected chi connectivity index (χ4v) is 2.07. The van der Waals surface area contributed by atoms with Crippen molar-refractivity contribution < 1.29 is 14.3 Å². The first-order valence-corrected chi connectivity index (χ1v) is 6.78. The van der Waals surface area contributed by atoms with Crippen LogP contribution in [0.4, 0.5) is 0 Å². The van der Waals surface area contributed by atoms with Gasteiger partial charge in [0.15, 0.2) is 11.5 Å². The van der Waals surface area contributed by atoms with Crippen LogP contribution in [0.5, 0.6) is 11.5 Å². The fourth-order valence-electron chi connectivity index (χ4n) is 1.32. The van der Waals surface area contributed by atoms with Crippen LogP contribution in [0.1, 0.15) is 37.6 Å². The van der Waals surface area contributed by atoms with Crippen LogP contribution in [-0.2, 0) is 0 Å². The largest absolute Gasteiger partial charge is 0.490 e. The van der Waals surface area contributed by atoms with Crippen LogP contribution in [0.25, 0.3) is 0 Å². The third kappa shape index (κ3) is 3.87. The fraction of sp³-hybridized carbons (Fsp3) is 0.462. The van der Waals surface area contributed by atoms with Crippen molar-refractivity contribution in [2.75, 3.05) is 6.61 Å². The van der Waals surface area contributed by atoms with Crippen LogP contribution < -0.4 is 9.47 Å². The average Bonchev–Trinajstić information content (AvgIpc) is 2.33. The number of rotatable bonds is 6. The van der Waals surface area contributed by atoms with Gasteiger partial charge in [-0.3, -0.25) is 4.79 Å². The molecule has 3 nitrogen and oxygen atoms in total. The van der Waals surface area contributed by atoms with Crippen LogP contribution >= 0.6 is 22.6 Å². The molecule has 0 spiro atoms. The number of aldehydes is 1. The molecule has 0 N–H and O–H groups in total. The summed E-state index contributed by atoms with van der Waals surface area (Å²) in [6.45, 7) is 6.54. The van der Waals surface area contributed by atoms with Gasteiger partial charge >= 0.3 is 0 Å². The summed E-state index contributed by atoms with van der Waals surface area (Å²) in [7, 11) is 0. The van der Waals surface area contributed by atoms with Crippen molar-refractivity contribution >= 4 is 28.9 Å². The summed E-state index contributed by atoms with van der Waals surface area (Å²) >= 11 is 2.16. The van der Waals surface area contributed by atoms with Crippen molar-refractivity contribution in [3.8, 4) is 11.5 Å². The molecular weight excluding hydrogens is 331 g/mol. The Kier molecular flexibility index (Phi) is 5.74. The zero-order chi connectivity index (χ0) is 12.8. The van der Waals surface area contributed by atoms with Gasteiger partial charge in [0.05, 0.1) is 16.3 Å². The lowest BCUT2D eigenvalue weighted by Crippen LogP contribution is -2.12. The van der Waals surface area contributed by atoms with Crippen molar-refractivity contribution in [3.05, 3.63) is 21.3 Å². The maximum atomic E-state index is 10.8. The number of halogens is 1. The molecule has 94 valence electrons. The molecule has 0 fully saturated rings. The zero-order valence-electron chi connectivity index (χ0n) is 10.3. The first kappa shape index (κ1) is 14.3. The van der Waals surface area contributed by atoms with E-state index in [1.54, 1.807) is 12.1 Å². The van der Waals surface area contributed by atoms with Crippen LogP contribution in [0.3, 0.4) is 0 Å². The van der Waals surface area contributed by atoms with E-state index in [1.165, 1.54) is 0 Å². The Hall–Kier alpha value is -0.780. The predicted octanol–water partition coefficient (Wildman–Crippen LogP) is 3.68. The van der Waals surface area contributed by atoms with Crippen LogP contribution in [0.2, 0.25) is 0 Å². The molecule has 4 heteroatoms. The smallest absolute Gasteiger partial charge is 0.174 e. The Labute approximate surface area is 116 Å². The van der Waals surface area contributed by atoms with Gasteiger partial charge < -0.3 is 9.47 Å². The molecule has 0 bridgehead atoms. The molecule has 0 saturated heterocycles. The van der Waals surface area contributed by atoms with Crippen molar-refractivity contribution in [1.82, 2.24) is 0 Å². The van der Waals surface area contributed by atoms with E-state index in [4.69, 9.17) is 9.47 Å². The van der Waals surface area contributed by atoms with Gasteiger partial charge in [0.1, 0.15) is 6.29 Å². The molecule has 0 aromatic heterocycles. The SMILES string of the molecule is CCOc1cc(C=O)cc(I)c1OC(C)CC. The van der Waals surface area contributed by atoms with Gasteiger partial charge in [0.25, 0.3) is 0 Å². The summed E-state index contributed by atoms with van der Waals surface area (Å²) in [5.41, 5.74) is 0.606. The van der Waals surface area contributed by atoms with E-state index in [9.17, 15) is 4.79 Å². The quantitative estimate of drug-likeness (QED) is 0.581. The summed E-state index contributed by atoms with van der Waals surface area (Å²) in [5, 5.41) is 0. The standard InChI is InChI=1S/C13H17IO3/c1-4-9(3)17-13-11(14)6-10(8-15)7-12(13)16-5-2/h6-9H,4-5H2,1-3H3. The normalized spacial score (nSPS) is 12.0. The highest BCUT2D eigenvalue weighted by Gasteiger charge is 2.14. The monoisotopic (exact) mass is 348 g/mol. The molecule has 0 aliphatic carbocycles. The molecule has 1 rings (SSSR count). The van der Waals surface area contributed by atoms with Crippen LogP contribution in [0.15, 0.2) is 12.1 Å². The van der Waals surface area contributed by atoms with Gasteiger partial charge in [0.2, 0.25) is 0 Å². The Balaban J connectivity index is 3.11. The molecule has 1 atom stereocenters. The number of carbonyl (C=O) groups is 1. The van der Waals surface area contributed by atoms with E-state index >= 15 is 0 Å². The molecule has 0 amide bonds. The molecule has 0 aliphatic heterocycles. The summed E-state index contributed by atoms with van der Waals surface area (Å²) in [5.74, 6) is 1.37.